The average Bonchev–Trinajstić information content (AvgIpc) is 2.59. The van der Waals surface area contributed by atoms with E-state index in [1.807, 2.05) is 36.4 Å². The van der Waals surface area contributed by atoms with Crippen molar-refractivity contribution >= 4 is 15.9 Å². The molecule has 0 fully saturated rings. The maximum atomic E-state index is 11.9. The molecule has 2 aromatic carbocycles. The summed E-state index contributed by atoms with van der Waals surface area (Å²) >= 11 is 0. The van der Waals surface area contributed by atoms with E-state index in [9.17, 15) is 13.2 Å². The molecule has 6 nitrogen and oxygen atoms in total. The zero-order chi connectivity index (χ0) is 19.0. The molecule has 0 aromatic heterocycles. The minimum Gasteiger partial charge on any atom is -0.380 e. The largest absolute Gasteiger partial charge is 0.380 e. The molecule has 2 N–H and O–H groups in total. The van der Waals surface area contributed by atoms with Crippen molar-refractivity contribution in [2.45, 2.75) is 25.4 Å². The highest BCUT2D eigenvalue weighted by atomic mass is 32.2. The molecule has 26 heavy (non-hydrogen) atoms. The van der Waals surface area contributed by atoms with Gasteiger partial charge in [0.1, 0.15) is 0 Å². The van der Waals surface area contributed by atoms with Gasteiger partial charge < -0.3 is 15.4 Å². The van der Waals surface area contributed by atoms with Crippen LogP contribution in [0, 0.1) is 0 Å². The maximum Gasteiger partial charge on any atom is 0.315 e. The summed E-state index contributed by atoms with van der Waals surface area (Å²) in [7, 11) is -1.39. The molecule has 2 aromatic rings. The van der Waals surface area contributed by atoms with Gasteiger partial charge in [0.2, 0.25) is 0 Å². The van der Waals surface area contributed by atoms with Gasteiger partial charge in [-0.25, -0.2) is 13.2 Å². The van der Waals surface area contributed by atoms with E-state index in [0.29, 0.717) is 19.7 Å². The highest BCUT2D eigenvalue weighted by Gasteiger charge is 2.05. The molecular weight excluding hydrogens is 352 g/mol. The minimum absolute atomic E-state index is 0.0182. The van der Waals surface area contributed by atoms with Crippen molar-refractivity contribution in [1.29, 1.82) is 0 Å². The molecule has 0 aliphatic carbocycles. The van der Waals surface area contributed by atoms with Crippen molar-refractivity contribution in [2.24, 2.45) is 0 Å². The Hall–Kier alpha value is -2.38. The summed E-state index contributed by atoms with van der Waals surface area (Å²) in [5.41, 5.74) is 3.73. The number of ether oxygens (including phenoxy) is 1. The van der Waals surface area contributed by atoms with Gasteiger partial charge in [-0.1, -0.05) is 48.5 Å². The zero-order valence-corrected chi connectivity index (χ0v) is 15.8. The number of rotatable bonds is 8. The number of benzene rings is 2. The van der Waals surface area contributed by atoms with E-state index in [2.05, 4.69) is 10.6 Å². The minimum atomic E-state index is -3.04. The van der Waals surface area contributed by atoms with Gasteiger partial charge in [0.25, 0.3) is 0 Å². The van der Waals surface area contributed by atoms with Crippen molar-refractivity contribution in [3.05, 3.63) is 70.8 Å². The second-order valence-electron chi connectivity index (χ2n) is 6.17. The van der Waals surface area contributed by atoms with Gasteiger partial charge in [-0.3, -0.25) is 0 Å². The number of urea groups is 1. The van der Waals surface area contributed by atoms with E-state index in [1.54, 1.807) is 19.2 Å². The first-order valence-electron chi connectivity index (χ1n) is 8.20. The molecule has 0 saturated carbocycles. The molecular formula is C19H24N2O4S. The predicted octanol–water partition coefficient (Wildman–Crippen LogP) is 2.38. The Labute approximate surface area is 154 Å². The van der Waals surface area contributed by atoms with Gasteiger partial charge >= 0.3 is 6.03 Å². The molecule has 0 spiro atoms. The van der Waals surface area contributed by atoms with Crippen molar-refractivity contribution in [2.75, 3.05) is 13.4 Å². The molecule has 0 heterocycles. The summed E-state index contributed by atoms with van der Waals surface area (Å²) in [5, 5.41) is 5.58. The van der Waals surface area contributed by atoms with Crippen LogP contribution >= 0.6 is 0 Å². The Morgan fingerprint density at radius 2 is 1.27 bits per heavy atom. The third-order valence-corrected chi connectivity index (χ3v) is 4.55. The van der Waals surface area contributed by atoms with Crippen LogP contribution in [0.4, 0.5) is 4.79 Å². The Balaban J connectivity index is 1.76. The van der Waals surface area contributed by atoms with Crippen LogP contribution in [0.2, 0.25) is 0 Å². The second kappa shape index (κ2) is 9.35. The van der Waals surface area contributed by atoms with E-state index < -0.39 is 9.84 Å². The van der Waals surface area contributed by atoms with Crippen LogP contribution in [0.1, 0.15) is 22.3 Å². The molecule has 7 heteroatoms. The van der Waals surface area contributed by atoms with Crippen LogP contribution in [-0.4, -0.2) is 27.8 Å². The molecule has 0 aliphatic rings. The first-order chi connectivity index (χ1) is 12.4. The van der Waals surface area contributed by atoms with Gasteiger partial charge in [0.05, 0.1) is 12.4 Å². The summed E-state index contributed by atoms with van der Waals surface area (Å²) in [4.78, 5) is 11.9. The first-order valence-corrected chi connectivity index (χ1v) is 10.3. The summed E-state index contributed by atoms with van der Waals surface area (Å²) in [6.45, 7) is 1.38. The lowest BCUT2D eigenvalue weighted by molar-refractivity contribution is 0.185. The standard InChI is InChI=1S/C19H24N2O4S/c1-25-13-17-7-3-15(4-8-17)11-20-19(22)21-12-16-5-9-18(10-6-16)14-26(2,23)24/h3-10H,11-14H2,1-2H3,(H2,20,21,22). The molecule has 0 saturated heterocycles. The molecule has 2 amide bonds. The quantitative estimate of drug-likeness (QED) is 0.741. The van der Waals surface area contributed by atoms with Gasteiger partial charge in [-0.05, 0) is 22.3 Å². The van der Waals surface area contributed by atoms with Gasteiger partial charge in [0.15, 0.2) is 9.84 Å². The maximum absolute atomic E-state index is 11.9. The fraction of sp³-hybridized carbons (Fsp3) is 0.316. The normalized spacial score (nSPS) is 11.2. The Morgan fingerprint density at radius 3 is 1.69 bits per heavy atom. The van der Waals surface area contributed by atoms with E-state index in [-0.39, 0.29) is 11.8 Å². The van der Waals surface area contributed by atoms with E-state index in [4.69, 9.17) is 4.74 Å². The smallest absolute Gasteiger partial charge is 0.315 e. The number of carbonyl (C=O) groups is 1. The molecule has 0 unspecified atom stereocenters. The van der Waals surface area contributed by atoms with E-state index >= 15 is 0 Å². The van der Waals surface area contributed by atoms with Crippen molar-refractivity contribution in [1.82, 2.24) is 10.6 Å². The lowest BCUT2D eigenvalue weighted by Gasteiger charge is -2.09. The summed E-state index contributed by atoms with van der Waals surface area (Å²) in [5.74, 6) is 0.0182. The lowest BCUT2D eigenvalue weighted by Crippen LogP contribution is -2.34. The predicted molar refractivity (Wildman–Crippen MR) is 101 cm³/mol. The van der Waals surface area contributed by atoms with Crippen LogP contribution in [0.15, 0.2) is 48.5 Å². The van der Waals surface area contributed by atoms with Crippen molar-refractivity contribution in [3.8, 4) is 0 Å². The third-order valence-electron chi connectivity index (χ3n) is 3.69. The van der Waals surface area contributed by atoms with Crippen LogP contribution in [0.5, 0.6) is 0 Å². The number of carbonyl (C=O) groups excluding carboxylic acids is 1. The summed E-state index contributed by atoms with van der Waals surface area (Å²) in [6, 6.07) is 14.7. The van der Waals surface area contributed by atoms with Gasteiger partial charge in [0, 0.05) is 26.5 Å². The van der Waals surface area contributed by atoms with Gasteiger partial charge in [-0.15, -0.1) is 0 Å². The topological polar surface area (TPSA) is 84.5 Å². The van der Waals surface area contributed by atoms with Crippen LogP contribution in [0.3, 0.4) is 0 Å². The summed E-state index contributed by atoms with van der Waals surface area (Å²) < 4.78 is 27.6. The first kappa shape index (κ1) is 19.9. The molecule has 0 bridgehead atoms. The molecule has 0 radical (unpaired) electrons. The van der Waals surface area contributed by atoms with E-state index in [0.717, 1.165) is 22.3 Å². The van der Waals surface area contributed by atoms with Gasteiger partial charge in [-0.2, -0.15) is 0 Å². The SMILES string of the molecule is COCc1ccc(CNC(=O)NCc2ccc(CS(C)(=O)=O)cc2)cc1. The number of sulfone groups is 1. The highest BCUT2D eigenvalue weighted by Crippen LogP contribution is 2.08. The Bertz CT molecular complexity index is 816. The molecule has 140 valence electrons. The third kappa shape index (κ3) is 7.25. The fourth-order valence-corrected chi connectivity index (χ4v) is 3.20. The van der Waals surface area contributed by atoms with Crippen molar-refractivity contribution in [3.63, 3.8) is 0 Å². The second-order valence-corrected chi connectivity index (χ2v) is 8.31. The fourth-order valence-electron chi connectivity index (χ4n) is 2.40. The number of hydrogen-bond donors (Lipinski definition) is 2. The molecule has 2 rings (SSSR count). The summed E-state index contributed by atoms with van der Waals surface area (Å²) in [6.07, 6.45) is 1.21. The number of methoxy groups -OCH3 is 1. The number of hydrogen-bond acceptors (Lipinski definition) is 4. The lowest BCUT2D eigenvalue weighted by atomic mass is 10.1. The van der Waals surface area contributed by atoms with Crippen LogP contribution in [0.25, 0.3) is 0 Å². The van der Waals surface area contributed by atoms with E-state index in [1.165, 1.54) is 6.26 Å². The molecule has 0 atom stereocenters. The monoisotopic (exact) mass is 376 g/mol. The Kier molecular flexibility index (Phi) is 7.17. The highest BCUT2D eigenvalue weighted by molar-refractivity contribution is 7.89. The Morgan fingerprint density at radius 1 is 0.846 bits per heavy atom. The molecule has 0 aliphatic heterocycles. The van der Waals surface area contributed by atoms with Crippen molar-refractivity contribution < 1.29 is 17.9 Å². The van der Waals surface area contributed by atoms with Crippen LogP contribution in [-0.2, 0) is 40.0 Å². The number of nitrogens with one attached hydrogen (secondary N) is 2. The zero-order valence-electron chi connectivity index (χ0n) is 15.0. The average molecular weight is 376 g/mol. The number of amides is 2. The van der Waals surface area contributed by atoms with Crippen LogP contribution < -0.4 is 10.6 Å².